The summed E-state index contributed by atoms with van der Waals surface area (Å²) in [5.74, 6) is -0.399. The monoisotopic (exact) mass is 615 g/mol. The van der Waals surface area contributed by atoms with Crippen molar-refractivity contribution in [3.05, 3.63) is 101 Å². The number of benzene rings is 3. The van der Waals surface area contributed by atoms with Crippen molar-refractivity contribution in [2.75, 3.05) is 12.5 Å². The molecule has 1 fully saturated rings. The van der Waals surface area contributed by atoms with Gasteiger partial charge in [-0.1, -0.05) is 72.8 Å². The van der Waals surface area contributed by atoms with E-state index in [9.17, 15) is 19.5 Å². The van der Waals surface area contributed by atoms with Crippen LogP contribution >= 0.6 is 11.8 Å². The second kappa shape index (κ2) is 13.4. The Bertz CT molecular complexity index is 1490. The fourth-order valence-electron chi connectivity index (χ4n) is 6.24. The lowest BCUT2D eigenvalue weighted by Crippen LogP contribution is -2.59. The largest absolute Gasteiger partial charge is 0.483 e. The molecule has 4 atom stereocenters. The lowest BCUT2D eigenvalue weighted by Gasteiger charge is -2.34. The normalized spacial score (nSPS) is 20.0. The van der Waals surface area contributed by atoms with E-state index in [1.165, 1.54) is 22.2 Å². The van der Waals surface area contributed by atoms with Crippen LogP contribution in [0.5, 0.6) is 5.75 Å². The number of fused-ring (bicyclic) bond motifs is 1. The van der Waals surface area contributed by atoms with E-state index in [1.807, 2.05) is 94.4 Å². The summed E-state index contributed by atoms with van der Waals surface area (Å²) in [6, 6.07) is 21.4. The van der Waals surface area contributed by atoms with Crippen LogP contribution in [-0.4, -0.2) is 63.1 Å². The van der Waals surface area contributed by atoms with Gasteiger partial charge in [0, 0.05) is 4.75 Å². The van der Waals surface area contributed by atoms with Crippen molar-refractivity contribution >= 4 is 29.5 Å². The minimum Gasteiger partial charge on any atom is -0.483 e. The molecule has 3 amide bonds. The summed E-state index contributed by atoms with van der Waals surface area (Å²) in [6.45, 7) is 7.44. The number of hydrogen-bond donors (Lipinski definition) is 3. The van der Waals surface area contributed by atoms with Crippen LogP contribution < -0.4 is 15.4 Å². The molecule has 0 spiro atoms. The lowest BCUT2D eigenvalue weighted by atomic mass is 9.96. The first-order valence-corrected chi connectivity index (χ1v) is 16.1. The molecule has 2 aliphatic rings. The Balaban J connectivity index is 1.31. The molecule has 1 saturated heterocycles. The van der Waals surface area contributed by atoms with Gasteiger partial charge in [-0.2, -0.15) is 0 Å². The van der Waals surface area contributed by atoms with Crippen LogP contribution in [0.15, 0.2) is 72.8 Å². The highest BCUT2D eigenvalue weighted by atomic mass is 32.2. The number of aryl methyl sites for hydroxylation is 3. The lowest BCUT2D eigenvalue weighted by molar-refractivity contribution is -0.148. The van der Waals surface area contributed by atoms with Crippen LogP contribution in [0, 0.1) is 13.8 Å². The molecular formula is C35H41N3O5S. The number of ether oxygens (including phenoxy) is 1. The number of nitrogens with one attached hydrogen (secondary N) is 2. The van der Waals surface area contributed by atoms with Crippen molar-refractivity contribution in [2.24, 2.45) is 0 Å². The van der Waals surface area contributed by atoms with Crippen LogP contribution in [0.25, 0.3) is 0 Å². The smallest absolute Gasteiger partial charge is 0.258 e. The van der Waals surface area contributed by atoms with Gasteiger partial charge in [-0.3, -0.25) is 14.4 Å². The first kappa shape index (κ1) is 31.6. The number of carbonyl (C=O) groups is 3. The molecule has 232 valence electrons. The molecule has 0 bridgehead atoms. The van der Waals surface area contributed by atoms with Gasteiger partial charge in [0.05, 0.1) is 18.0 Å². The van der Waals surface area contributed by atoms with Gasteiger partial charge in [0.1, 0.15) is 11.8 Å². The van der Waals surface area contributed by atoms with E-state index >= 15 is 0 Å². The number of para-hydroxylation sites is 1. The zero-order valence-corrected chi connectivity index (χ0v) is 26.5. The first-order chi connectivity index (χ1) is 21.0. The molecule has 9 heteroatoms. The number of thioether (sulfide) groups is 1. The fraction of sp³-hybridized carbons (Fsp3) is 0.400. The number of hydrogen-bond acceptors (Lipinski definition) is 6. The summed E-state index contributed by atoms with van der Waals surface area (Å²) >= 11 is 1.50. The van der Waals surface area contributed by atoms with E-state index in [-0.39, 0.29) is 30.9 Å². The predicted molar refractivity (Wildman–Crippen MR) is 172 cm³/mol. The average Bonchev–Trinajstić information content (AvgIpc) is 3.55. The van der Waals surface area contributed by atoms with Gasteiger partial charge in [0.25, 0.3) is 11.8 Å². The van der Waals surface area contributed by atoms with E-state index in [4.69, 9.17) is 4.74 Å². The Morgan fingerprint density at radius 1 is 1.00 bits per heavy atom. The van der Waals surface area contributed by atoms with Crippen LogP contribution in [-0.2, 0) is 27.2 Å². The van der Waals surface area contributed by atoms with Crippen LogP contribution in [0.1, 0.15) is 54.1 Å². The van der Waals surface area contributed by atoms with Crippen molar-refractivity contribution in [3.8, 4) is 5.75 Å². The molecule has 0 unspecified atom stereocenters. The number of carbonyl (C=O) groups excluding carboxylic acids is 3. The minimum absolute atomic E-state index is 0.121. The molecule has 3 N–H and O–H groups in total. The molecule has 1 heterocycles. The number of aliphatic hydroxyl groups is 1. The fourth-order valence-corrected chi connectivity index (χ4v) is 7.38. The third-order valence-electron chi connectivity index (χ3n) is 8.56. The third-order valence-corrected chi connectivity index (χ3v) is 9.94. The Hall–Kier alpha value is -3.82. The molecule has 44 heavy (non-hydrogen) atoms. The molecule has 3 aromatic carbocycles. The topological polar surface area (TPSA) is 108 Å². The molecular weight excluding hydrogens is 574 g/mol. The van der Waals surface area contributed by atoms with Crippen molar-refractivity contribution < 1.29 is 24.2 Å². The standard InChI is InChI=1S/C35H41N3O5S/c1-22-11-10-12-23(2)31(22)43-20-29(39)36-28(19-24-13-6-5-7-14-24)30(40)34(42)38-21-44-35(3,4)32(38)33(41)37-27-18-17-25-15-8-9-16-26(25)27/h5-16,27-28,30,32,40H,17-21H2,1-4H3,(H,36,39)(H,37,41)/t27-,28+,30+,32-/m1/s1. The van der Waals surface area contributed by atoms with Crippen LogP contribution in [0.4, 0.5) is 0 Å². The van der Waals surface area contributed by atoms with E-state index in [0.717, 1.165) is 35.1 Å². The van der Waals surface area contributed by atoms with Gasteiger partial charge in [-0.05, 0) is 74.8 Å². The number of rotatable bonds is 10. The number of aliphatic hydroxyl groups excluding tert-OH is 1. The van der Waals surface area contributed by atoms with Crippen molar-refractivity contribution in [3.63, 3.8) is 0 Å². The highest BCUT2D eigenvalue weighted by molar-refractivity contribution is 8.00. The van der Waals surface area contributed by atoms with E-state index in [2.05, 4.69) is 16.7 Å². The van der Waals surface area contributed by atoms with Gasteiger partial charge in [0.15, 0.2) is 12.7 Å². The van der Waals surface area contributed by atoms with Crippen LogP contribution in [0.3, 0.4) is 0 Å². The van der Waals surface area contributed by atoms with Gasteiger partial charge in [0.2, 0.25) is 5.91 Å². The summed E-state index contributed by atoms with van der Waals surface area (Å²) in [5, 5.41) is 17.5. The summed E-state index contributed by atoms with van der Waals surface area (Å²) < 4.78 is 5.26. The molecule has 1 aliphatic heterocycles. The maximum Gasteiger partial charge on any atom is 0.258 e. The molecule has 3 aromatic rings. The molecule has 0 saturated carbocycles. The maximum absolute atomic E-state index is 14.0. The Morgan fingerprint density at radius 2 is 1.68 bits per heavy atom. The maximum atomic E-state index is 14.0. The number of nitrogens with zero attached hydrogens (tertiary/aromatic N) is 1. The molecule has 5 rings (SSSR count). The van der Waals surface area contributed by atoms with Crippen molar-refractivity contribution in [1.29, 1.82) is 0 Å². The zero-order valence-electron chi connectivity index (χ0n) is 25.7. The molecule has 8 nitrogen and oxygen atoms in total. The quantitative estimate of drug-likeness (QED) is 0.315. The highest BCUT2D eigenvalue weighted by Crippen LogP contribution is 2.41. The van der Waals surface area contributed by atoms with Crippen LogP contribution in [0.2, 0.25) is 0 Å². The second-order valence-corrected chi connectivity index (χ2v) is 13.8. The van der Waals surface area contributed by atoms with Gasteiger partial charge < -0.3 is 25.4 Å². The predicted octanol–water partition coefficient (Wildman–Crippen LogP) is 4.25. The first-order valence-electron chi connectivity index (χ1n) is 15.1. The molecule has 0 radical (unpaired) electrons. The highest BCUT2D eigenvalue weighted by Gasteiger charge is 2.50. The van der Waals surface area contributed by atoms with E-state index < -0.39 is 34.7 Å². The molecule has 1 aliphatic carbocycles. The van der Waals surface area contributed by atoms with Gasteiger partial charge >= 0.3 is 0 Å². The second-order valence-electron chi connectivity index (χ2n) is 12.2. The number of amides is 3. The van der Waals surface area contributed by atoms with E-state index in [1.54, 1.807) is 0 Å². The van der Waals surface area contributed by atoms with Crippen molar-refractivity contribution in [1.82, 2.24) is 15.5 Å². The zero-order chi connectivity index (χ0) is 31.4. The summed E-state index contributed by atoms with van der Waals surface area (Å²) in [6.07, 6.45) is 0.343. The summed E-state index contributed by atoms with van der Waals surface area (Å²) in [7, 11) is 0. The minimum atomic E-state index is -1.57. The van der Waals surface area contributed by atoms with Gasteiger partial charge in [-0.15, -0.1) is 11.8 Å². The van der Waals surface area contributed by atoms with Crippen molar-refractivity contribution in [2.45, 2.75) is 75.9 Å². The van der Waals surface area contributed by atoms with E-state index in [0.29, 0.717) is 5.75 Å². The Labute approximate surface area is 263 Å². The molecule has 0 aromatic heterocycles. The summed E-state index contributed by atoms with van der Waals surface area (Å²) in [5.41, 5.74) is 5.01. The Kier molecular flexibility index (Phi) is 9.65. The Morgan fingerprint density at radius 3 is 2.41 bits per heavy atom. The summed E-state index contributed by atoms with van der Waals surface area (Å²) in [4.78, 5) is 42.3. The van der Waals surface area contributed by atoms with Gasteiger partial charge in [-0.25, -0.2) is 0 Å². The SMILES string of the molecule is Cc1cccc(C)c1OCC(=O)N[C@@H](Cc1ccccc1)[C@H](O)C(=O)N1CSC(C)(C)[C@H]1C(=O)N[C@@H]1CCc2ccccc21. The average molecular weight is 616 g/mol. The third kappa shape index (κ3) is 6.94.